The Bertz CT molecular complexity index is 2130. The summed E-state index contributed by atoms with van der Waals surface area (Å²) in [4.78, 5) is 34.9. The highest BCUT2D eigenvalue weighted by Crippen LogP contribution is 2.53. The van der Waals surface area contributed by atoms with Gasteiger partial charge in [0.2, 0.25) is 0 Å². The third-order valence-electron chi connectivity index (χ3n) is 11.4. The van der Waals surface area contributed by atoms with Gasteiger partial charge in [-0.05, 0) is 24.3 Å². The highest BCUT2D eigenvalue weighted by atomic mass is 19.4. The standard InChI is InChI=1S/C29H40F3N5O15.C9H5F3N2O2/c30-29(31,32)28(36-37-28)11-3-1-10(2-4-11)24(46)35-16-20(44)22(13(8-40)48-25(16)47)52-27-17(34-5-6-38)21(45)23(14(9-41)50-27)51-26-15(33)19(43)18(42)12(7-39)49-26;10-9(11,12)8(13-14-8)6-3-1-5(2-4-6)7(15)16/h1-4,6,12-23,25-27,34,39-45,47H,5,7-9,33H2,(H,35,46);1-4H,(H,15,16). The number of halogens is 6. The maximum Gasteiger partial charge on any atom is 0.442 e. The molecule has 15 atom stereocenters. The molecule has 5 aliphatic rings. The Balaban J connectivity index is 0.000000399. The fraction of sp³-hybridized carbons (Fsp3) is 0.605. The summed E-state index contributed by atoms with van der Waals surface area (Å²) < 4.78 is 106. The van der Waals surface area contributed by atoms with Gasteiger partial charge in [-0.15, -0.1) is 20.5 Å². The van der Waals surface area contributed by atoms with Gasteiger partial charge in [0.1, 0.15) is 67.3 Å². The van der Waals surface area contributed by atoms with Crippen molar-refractivity contribution in [2.45, 2.75) is 116 Å². The topological polar surface area (TPSA) is 379 Å². The summed E-state index contributed by atoms with van der Waals surface area (Å²) in [6.45, 7) is -2.87. The number of nitrogens with two attached hydrogens (primary N) is 1. The van der Waals surface area contributed by atoms with Gasteiger partial charge < -0.3 is 90.8 Å². The van der Waals surface area contributed by atoms with E-state index in [1.807, 2.05) is 0 Å². The minimum absolute atomic E-state index is 0.0817. The third-order valence-corrected chi connectivity index (χ3v) is 11.4. The van der Waals surface area contributed by atoms with Crippen molar-refractivity contribution in [1.29, 1.82) is 0 Å². The predicted molar refractivity (Wildman–Crippen MR) is 205 cm³/mol. The van der Waals surface area contributed by atoms with Gasteiger partial charge in [-0.25, -0.2) is 4.79 Å². The van der Waals surface area contributed by atoms with Gasteiger partial charge >= 0.3 is 29.6 Å². The number of aliphatic hydroxyl groups excluding tert-OH is 8. The number of carbonyl (C=O) groups is 3. The van der Waals surface area contributed by atoms with Crippen molar-refractivity contribution in [3.8, 4) is 0 Å². The molecular formula is C38H45F6N7O17. The van der Waals surface area contributed by atoms with Crippen molar-refractivity contribution >= 4 is 18.2 Å². The van der Waals surface area contributed by atoms with E-state index >= 15 is 0 Å². The van der Waals surface area contributed by atoms with E-state index in [9.17, 15) is 81.6 Å². The van der Waals surface area contributed by atoms with Crippen LogP contribution in [0.4, 0.5) is 26.3 Å². The smallest absolute Gasteiger partial charge is 0.442 e. The molecule has 13 N–H and O–H groups in total. The molecule has 5 aliphatic heterocycles. The van der Waals surface area contributed by atoms with Gasteiger partial charge in [0, 0.05) is 16.7 Å². The zero-order valence-electron chi connectivity index (χ0n) is 34.6. The lowest BCUT2D eigenvalue weighted by atomic mass is 9.93. The number of amides is 1. The number of aliphatic hydroxyl groups is 8. The number of nitrogens with one attached hydrogen (secondary N) is 2. The quantitative estimate of drug-likeness (QED) is 0.0642. The summed E-state index contributed by atoms with van der Waals surface area (Å²) >= 11 is 0. The van der Waals surface area contributed by atoms with E-state index in [4.69, 9.17) is 34.5 Å². The lowest BCUT2D eigenvalue weighted by molar-refractivity contribution is -0.351. The molecule has 0 radical (unpaired) electrons. The van der Waals surface area contributed by atoms with Gasteiger partial charge in [-0.2, -0.15) is 26.3 Å². The van der Waals surface area contributed by atoms with Crippen LogP contribution in [0, 0.1) is 0 Å². The first kappa shape index (κ1) is 52.6. The molecule has 0 aromatic heterocycles. The molecule has 1 amide bonds. The minimum Gasteiger partial charge on any atom is -0.478 e. The molecule has 0 saturated carbocycles. The summed E-state index contributed by atoms with van der Waals surface area (Å²) in [5, 5.41) is 109. The van der Waals surface area contributed by atoms with Crippen LogP contribution in [0.5, 0.6) is 0 Å². The van der Waals surface area contributed by atoms with E-state index in [1.54, 1.807) is 0 Å². The van der Waals surface area contributed by atoms with Crippen molar-refractivity contribution in [2.24, 2.45) is 26.2 Å². The number of carboxylic acid groups (broad SMARTS) is 1. The second-order valence-corrected chi connectivity index (χ2v) is 15.7. The summed E-state index contributed by atoms with van der Waals surface area (Å²) in [6, 6.07) is 3.86. The number of carbonyl (C=O) groups excluding carboxylic acids is 2. The molecule has 0 bridgehead atoms. The molecular weight excluding hydrogens is 940 g/mol. The highest BCUT2D eigenvalue weighted by molar-refractivity contribution is 5.94. The Morgan fingerprint density at radius 1 is 0.662 bits per heavy atom. The summed E-state index contributed by atoms with van der Waals surface area (Å²) in [5.41, 5.74) is -0.0538. The second-order valence-electron chi connectivity index (χ2n) is 15.7. The molecule has 0 spiro atoms. The average Bonchev–Trinajstić information content (AvgIpc) is 4.24. The van der Waals surface area contributed by atoms with Crippen molar-refractivity contribution in [3.05, 3.63) is 70.8 Å². The van der Waals surface area contributed by atoms with E-state index in [0.717, 1.165) is 48.5 Å². The van der Waals surface area contributed by atoms with Crippen LogP contribution in [0.1, 0.15) is 31.8 Å². The Morgan fingerprint density at radius 2 is 1.10 bits per heavy atom. The molecule has 15 unspecified atom stereocenters. The van der Waals surface area contributed by atoms with Crippen LogP contribution in [-0.4, -0.2) is 195 Å². The number of benzene rings is 2. The van der Waals surface area contributed by atoms with E-state index in [2.05, 4.69) is 31.1 Å². The van der Waals surface area contributed by atoms with E-state index < -0.39 is 154 Å². The largest absolute Gasteiger partial charge is 0.478 e. The summed E-state index contributed by atoms with van der Waals surface area (Å²) in [7, 11) is 0. The molecule has 2 aromatic carbocycles. The lowest BCUT2D eigenvalue weighted by Crippen LogP contribution is -2.70. The number of ether oxygens (including phenoxy) is 5. The number of hydrogen-bond acceptors (Lipinski definition) is 22. The first-order valence-electron chi connectivity index (χ1n) is 20.2. The van der Waals surface area contributed by atoms with E-state index in [-0.39, 0.29) is 22.3 Å². The molecule has 376 valence electrons. The Hall–Kier alpha value is -4.77. The third kappa shape index (κ3) is 10.5. The molecule has 30 heteroatoms. The fourth-order valence-corrected chi connectivity index (χ4v) is 7.51. The van der Waals surface area contributed by atoms with Crippen molar-refractivity contribution in [2.75, 3.05) is 26.4 Å². The number of aldehydes is 1. The van der Waals surface area contributed by atoms with Crippen LogP contribution in [0.2, 0.25) is 0 Å². The molecule has 24 nitrogen and oxygen atoms in total. The van der Waals surface area contributed by atoms with Crippen molar-refractivity contribution in [1.82, 2.24) is 10.6 Å². The number of nitrogens with zero attached hydrogens (tertiary/aromatic N) is 4. The van der Waals surface area contributed by atoms with Crippen molar-refractivity contribution < 1.29 is 110 Å². The number of carboxylic acids is 1. The van der Waals surface area contributed by atoms with Gasteiger partial charge in [-0.1, -0.05) is 24.3 Å². The number of hydrogen-bond donors (Lipinski definition) is 12. The zero-order valence-corrected chi connectivity index (χ0v) is 34.6. The average molecular weight is 986 g/mol. The summed E-state index contributed by atoms with van der Waals surface area (Å²) in [5.74, 6) is -2.16. The molecule has 2 aromatic rings. The molecule has 3 saturated heterocycles. The second kappa shape index (κ2) is 20.7. The zero-order chi connectivity index (χ0) is 50.1. The van der Waals surface area contributed by atoms with Gasteiger partial charge in [0.25, 0.3) is 5.91 Å². The van der Waals surface area contributed by atoms with Crippen LogP contribution in [0.25, 0.3) is 0 Å². The van der Waals surface area contributed by atoms with Crippen LogP contribution in [-0.2, 0) is 39.8 Å². The monoisotopic (exact) mass is 985 g/mol. The first-order chi connectivity index (χ1) is 32.0. The Kier molecular flexibility index (Phi) is 16.0. The van der Waals surface area contributed by atoms with E-state index in [1.165, 1.54) is 0 Å². The van der Waals surface area contributed by atoms with Gasteiger partial charge in [0.05, 0.1) is 44.0 Å². The van der Waals surface area contributed by atoms with Gasteiger partial charge in [-0.3, -0.25) is 4.79 Å². The predicted octanol–water partition coefficient (Wildman–Crippen LogP) is -2.63. The minimum atomic E-state index is -4.80. The molecule has 3 fully saturated rings. The molecule has 68 heavy (non-hydrogen) atoms. The highest BCUT2D eigenvalue weighted by Gasteiger charge is 2.66. The molecule has 5 heterocycles. The Labute approximate surface area is 377 Å². The fourth-order valence-electron chi connectivity index (χ4n) is 7.51. The maximum atomic E-state index is 13.4. The van der Waals surface area contributed by atoms with Crippen LogP contribution in [0.3, 0.4) is 0 Å². The normalized spacial score (nSPS) is 34.8. The summed E-state index contributed by atoms with van der Waals surface area (Å²) in [6.07, 6.45) is -28.5. The number of rotatable bonds is 15. The van der Waals surface area contributed by atoms with Crippen molar-refractivity contribution in [3.63, 3.8) is 0 Å². The Morgan fingerprint density at radius 3 is 1.54 bits per heavy atom. The van der Waals surface area contributed by atoms with Crippen LogP contribution >= 0.6 is 0 Å². The number of alkyl halides is 6. The molecule has 0 aliphatic carbocycles. The van der Waals surface area contributed by atoms with Crippen LogP contribution < -0.4 is 16.4 Å². The molecule has 7 rings (SSSR count). The lowest BCUT2D eigenvalue weighted by Gasteiger charge is -2.49. The first-order valence-corrected chi connectivity index (χ1v) is 20.2. The van der Waals surface area contributed by atoms with E-state index in [0.29, 0.717) is 6.29 Å². The maximum absolute atomic E-state index is 13.4. The van der Waals surface area contributed by atoms with Crippen LogP contribution in [0.15, 0.2) is 69.0 Å². The SMILES string of the molecule is NC1C(OC2C(CO)OC(OC3C(CO)OC(O)C(NC(=O)c4ccc(C5(C(F)(F)F)N=N5)cc4)C3O)C(NCC=O)C2O)OC(CO)C(O)C1O.O=C(O)c1ccc(C2(C(F)(F)F)N=N2)cc1. The number of aromatic carboxylic acids is 1. The van der Waals surface area contributed by atoms with Gasteiger partial charge in [0.15, 0.2) is 18.9 Å².